The molecule has 6 heteroatoms. The van der Waals surface area contributed by atoms with E-state index in [-0.39, 0.29) is 30.4 Å². The molecule has 0 aliphatic heterocycles. The third-order valence-corrected chi connectivity index (χ3v) is 3.65. The van der Waals surface area contributed by atoms with Gasteiger partial charge in [0, 0.05) is 18.2 Å². The first-order valence-corrected chi connectivity index (χ1v) is 6.52. The minimum atomic E-state index is -0.839. The maximum Gasteiger partial charge on any atom is 0.240 e. The molecule has 112 valence electrons. The van der Waals surface area contributed by atoms with Crippen LogP contribution in [0.1, 0.15) is 37.7 Å². The third kappa shape index (κ3) is 3.90. The van der Waals surface area contributed by atoms with Crippen molar-refractivity contribution in [2.75, 3.05) is 0 Å². The van der Waals surface area contributed by atoms with Gasteiger partial charge in [-0.3, -0.25) is 4.79 Å². The van der Waals surface area contributed by atoms with Crippen LogP contribution in [-0.4, -0.2) is 11.4 Å². The summed E-state index contributed by atoms with van der Waals surface area (Å²) >= 11 is 0. The van der Waals surface area contributed by atoms with Crippen LogP contribution in [0.2, 0.25) is 0 Å². The molecule has 0 saturated heterocycles. The van der Waals surface area contributed by atoms with Gasteiger partial charge >= 0.3 is 0 Å². The first-order chi connectivity index (χ1) is 9.01. The van der Waals surface area contributed by atoms with Gasteiger partial charge in [0.2, 0.25) is 5.91 Å². The van der Waals surface area contributed by atoms with Crippen LogP contribution in [0.15, 0.2) is 18.2 Å². The zero-order chi connectivity index (χ0) is 13.9. The fourth-order valence-electron chi connectivity index (χ4n) is 2.43. The topological polar surface area (TPSA) is 55.1 Å². The summed E-state index contributed by atoms with van der Waals surface area (Å²) in [5, 5.41) is 2.64. The second-order valence-corrected chi connectivity index (χ2v) is 5.14. The molecule has 0 unspecified atom stereocenters. The van der Waals surface area contributed by atoms with Crippen molar-refractivity contribution in [3.8, 4) is 0 Å². The van der Waals surface area contributed by atoms with Crippen LogP contribution in [0.3, 0.4) is 0 Å². The van der Waals surface area contributed by atoms with E-state index in [0.717, 1.165) is 25.3 Å². The molecule has 1 amide bonds. The van der Waals surface area contributed by atoms with Gasteiger partial charge in [-0.15, -0.1) is 12.4 Å². The summed E-state index contributed by atoms with van der Waals surface area (Å²) in [5.41, 5.74) is 5.48. The maximum atomic E-state index is 13.4. The first kappa shape index (κ1) is 16.9. The molecule has 0 heterocycles. The van der Waals surface area contributed by atoms with Crippen LogP contribution in [0.25, 0.3) is 0 Å². The van der Waals surface area contributed by atoms with Gasteiger partial charge < -0.3 is 11.1 Å². The molecule has 1 aromatic carbocycles. The standard InChI is InChI=1S/C14H18F2N2O.ClH/c15-11-5-4-10(12(16)8-11)9-18-13(19)14(17)6-2-1-3-7-14;/h4-5,8H,1-3,6-7,9,17H2,(H,18,19);1H. The van der Waals surface area contributed by atoms with E-state index in [4.69, 9.17) is 5.73 Å². The number of carbonyl (C=O) groups is 1. The fraction of sp³-hybridized carbons (Fsp3) is 0.500. The molecule has 0 radical (unpaired) electrons. The highest BCUT2D eigenvalue weighted by molar-refractivity contribution is 5.86. The van der Waals surface area contributed by atoms with Gasteiger partial charge in [-0.2, -0.15) is 0 Å². The van der Waals surface area contributed by atoms with Crippen molar-refractivity contribution in [2.45, 2.75) is 44.2 Å². The zero-order valence-corrected chi connectivity index (χ0v) is 11.9. The van der Waals surface area contributed by atoms with Gasteiger partial charge in [0.15, 0.2) is 0 Å². The summed E-state index contributed by atoms with van der Waals surface area (Å²) in [6.07, 6.45) is 4.29. The first-order valence-electron chi connectivity index (χ1n) is 6.52. The zero-order valence-electron chi connectivity index (χ0n) is 11.1. The molecule has 1 fully saturated rings. The van der Waals surface area contributed by atoms with E-state index in [2.05, 4.69) is 5.32 Å². The average Bonchev–Trinajstić information content (AvgIpc) is 2.38. The van der Waals surface area contributed by atoms with Crippen LogP contribution < -0.4 is 11.1 Å². The highest BCUT2D eigenvalue weighted by atomic mass is 35.5. The SMILES string of the molecule is Cl.NC1(C(=O)NCc2ccc(F)cc2F)CCCCC1. The Morgan fingerprint density at radius 2 is 1.90 bits per heavy atom. The molecule has 0 spiro atoms. The lowest BCUT2D eigenvalue weighted by Crippen LogP contribution is -2.54. The van der Waals surface area contributed by atoms with E-state index >= 15 is 0 Å². The average molecular weight is 305 g/mol. The van der Waals surface area contributed by atoms with E-state index in [1.807, 2.05) is 0 Å². The quantitative estimate of drug-likeness (QED) is 0.902. The van der Waals surface area contributed by atoms with Crippen molar-refractivity contribution >= 4 is 18.3 Å². The Hall–Kier alpha value is -1.20. The van der Waals surface area contributed by atoms with Gasteiger partial charge in [-0.05, 0) is 18.9 Å². The highest BCUT2D eigenvalue weighted by Gasteiger charge is 2.34. The van der Waals surface area contributed by atoms with Crippen molar-refractivity contribution in [3.05, 3.63) is 35.4 Å². The van der Waals surface area contributed by atoms with Crippen LogP contribution in [0.4, 0.5) is 8.78 Å². The number of carbonyl (C=O) groups excluding carboxylic acids is 1. The summed E-state index contributed by atoms with van der Waals surface area (Å²) in [5.74, 6) is -1.54. The number of nitrogens with one attached hydrogen (secondary N) is 1. The summed E-state index contributed by atoms with van der Waals surface area (Å²) in [6, 6.07) is 3.30. The summed E-state index contributed by atoms with van der Waals surface area (Å²) < 4.78 is 26.2. The number of benzene rings is 1. The van der Waals surface area contributed by atoms with Crippen molar-refractivity contribution in [3.63, 3.8) is 0 Å². The fourth-order valence-corrected chi connectivity index (χ4v) is 2.43. The molecular formula is C14H19ClF2N2O. The molecule has 20 heavy (non-hydrogen) atoms. The molecule has 1 aromatic rings. The number of hydrogen-bond acceptors (Lipinski definition) is 2. The van der Waals surface area contributed by atoms with Crippen LogP contribution >= 0.6 is 12.4 Å². The lowest BCUT2D eigenvalue weighted by Gasteiger charge is -2.31. The van der Waals surface area contributed by atoms with E-state index in [1.54, 1.807) is 0 Å². The molecule has 2 rings (SSSR count). The Balaban J connectivity index is 0.00000200. The molecule has 0 bridgehead atoms. The predicted octanol–water partition coefficient (Wildman–Crippen LogP) is 2.66. The summed E-state index contributed by atoms with van der Waals surface area (Å²) in [6.45, 7) is 0.0316. The summed E-state index contributed by atoms with van der Waals surface area (Å²) in [7, 11) is 0. The Morgan fingerprint density at radius 3 is 2.50 bits per heavy atom. The van der Waals surface area contributed by atoms with Gasteiger partial charge in [0.05, 0.1) is 5.54 Å². The molecule has 0 atom stereocenters. The monoisotopic (exact) mass is 304 g/mol. The Labute approximate surface area is 123 Å². The number of hydrogen-bond donors (Lipinski definition) is 2. The van der Waals surface area contributed by atoms with Crippen LogP contribution in [-0.2, 0) is 11.3 Å². The Bertz CT molecular complexity index is 476. The minimum absolute atomic E-state index is 0. The Morgan fingerprint density at radius 1 is 1.25 bits per heavy atom. The molecule has 3 nitrogen and oxygen atoms in total. The minimum Gasteiger partial charge on any atom is -0.350 e. The maximum absolute atomic E-state index is 13.4. The van der Waals surface area contributed by atoms with E-state index in [9.17, 15) is 13.6 Å². The molecular weight excluding hydrogens is 286 g/mol. The summed E-state index contributed by atoms with van der Waals surface area (Å²) in [4.78, 5) is 12.0. The lowest BCUT2D eigenvalue weighted by molar-refractivity contribution is -0.127. The van der Waals surface area contributed by atoms with E-state index in [0.29, 0.717) is 12.8 Å². The normalized spacial score (nSPS) is 17.1. The second-order valence-electron chi connectivity index (χ2n) is 5.14. The van der Waals surface area contributed by atoms with E-state index in [1.165, 1.54) is 12.1 Å². The molecule has 0 aromatic heterocycles. The van der Waals surface area contributed by atoms with Crippen molar-refractivity contribution in [2.24, 2.45) is 5.73 Å². The number of halogens is 3. The molecule has 1 aliphatic rings. The van der Waals surface area contributed by atoms with E-state index < -0.39 is 17.2 Å². The smallest absolute Gasteiger partial charge is 0.240 e. The lowest BCUT2D eigenvalue weighted by atomic mass is 9.82. The Kier molecular flexibility index (Phi) is 5.89. The second kappa shape index (κ2) is 6.99. The van der Waals surface area contributed by atoms with Crippen LogP contribution in [0.5, 0.6) is 0 Å². The van der Waals surface area contributed by atoms with Gasteiger partial charge in [0.25, 0.3) is 0 Å². The molecule has 3 N–H and O–H groups in total. The van der Waals surface area contributed by atoms with Crippen molar-refractivity contribution in [1.82, 2.24) is 5.32 Å². The van der Waals surface area contributed by atoms with Crippen LogP contribution in [0, 0.1) is 11.6 Å². The molecule has 1 aliphatic carbocycles. The number of rotatable bonds is 3. The van der Waals surface area contributed by atoms with Crippen molar-refractivity contribution < 1.29 is 13.6 Å². The number of amides is 1. The largest absolute Gasteiger partial charge is 0.350 e. The molecule has 1 saturated carbocycles. The predicted molar refractivity (Wildman–Crippen MR) is 75.5 cm³/mol. The van der Waals surface area contributed by atoms with Gasteiger partial charge in [-0.25, -0.2) is 8.78 Å². The number of nitrogens with two attached hydrogens (primary N) is 1. The third-order valence-electron chi connectivity index (χ3n) is 3.65. The highest BCUT2D eigenvalue weighted by Crippen LogP contribution is 2.26. The van der Waals surface area contributed by atoms with Crippen molar-refractivity contribution in [1.29, 1.82) is 0 Å². The van der Waals surface area contributed by atoms with Gasteiger partial charge in [-0.1, -0.05) is 25.3 Å². The van der Waals surface area contributed by atoms with Gasteiger partial charge in [0.1, 0.15) is 11.6 Å².